The van der Waals surface area contributed by atoms with Crippen LogP contribution in [0.15, 0.2) is 34.5 Å². The zero-order valence-electron chi connectivity index (χ0n) is 10.8. The Bertz CT molecular complexity index is 569. The van der Waals surface area contributed by atoms with Gasteiger partial charge in [0.25, 0.3) is 0 Å². The highest BCUT2D eigenvalue weighted by Gasteiger charge is 2.13. The molecule has 19 heavy (non-hydrogen) atoms. The molecule has 0 saturated heterocycles. The lowest BCUT2D eigenvalue weighted by Crippen LogP contribution is -2.27. The molecule has 1 aromatic heterocycles. The van der Waals surface area contributed by atoms with Crippen LogP contribution in [0.25, 0.3) is 0 Å². The Morgan fingerprint density at radius 2 is 2.11 bits per heavy atom. The molecule has 0 unspecified atom stereocenters. The molecule has 0 saturated carbocycles. The first-order chi connectivity index (χ1) is 9.08. The molecule has 2 N–H and O–H groups in total. The largest absolute Gasteiger partial charge is 0.375 e. The third-order valence-electron chi connectivity index (χ3n) is 2.61. The fraction of sp³-hybridized carbons (Fsp3) is 0.231. The van der Waals surface area contributed by atoms with E-state index in [-0.39, 0.29) is 5.91 Å². The number of thiazole rings is 1. The Morgan fingerprint density at radius 3 is 2.68 bits per heavy atom. The molecule has 0 aliphatic rings. The van der Waals surface area contributed by atoms with Crippen LogP contribution in [0.3, 0.4) is 0 Å². The predicted molar refractivity (Wildman–Crippen MR) is 81.8 cm³/mol. The summed E-state index contributed by atoms with van der Waals surface area (Å²) in [7, 11) is 1.78. The van der Waals surface area contributed by atoms with Crippen molar-refractivity contribution in [3.05, 3.63) is 36.0 Å². The fourth-order valence-electron chi connectivity index (χ4n) is 1.56. The number of amides is 1. The van der Waals surface area contributed by atoms with Gasteiger partial charge >= 0.3 is 0 Å². The second-order valence-corrected chi connectivity index (χ2v) is 6.28. The number of carbonyl (C=O) groups is 1. The maximum absolute atomic E-state index is 12.1. The van der Waals surface area contributed by atoms with E-state index in [1.165, 1.54) is 23.1 Å². The summed E-state index contributed by atoms with van der Waals surface area (Å²) in [6.45, 7) is 1.90. The van der Waals surface area contributed by atoms with Crippen LogP contribution in [0.1, 0.15) is 5.69 Å². The number of hydrogen-bond donors (Lipinski definition) is 1. The first kappa shape index (κ1) is 13.9. The molecule has 0 aliphatic heterocycles. The number of aryl methyl sites for hydroxylation is 1. The zero-order valence-corrected chi connectivity index (χ0v) is 12.4. The monoisotopic (exact) mass is 293 g/mol. The van der Waals surface area contributed by atoms with Crippen LogP contribution >= 0.6 is 23.1 Å². The molecule has 0 fully saturated rings. The highest BCUT2D eigenvalue weighted by atomic mass is 32.2. The Balaban J connectivity index is 1.96. The van der Waals surface area contributed by atoms with E-state index in [0.29, 0.717) is 10.9 Å². The third-order valence-corrected chi connectivity index (χ3v) is 4.95. The second kappa shape index (κ2) is 6.08. The van der Waals surface area contributed by atoms with Crippen molar-refractivity contribution >= 4 is 39.8 Å². The van der Waals surface area contributed by atoms with Gasteiger partial charge in [-0.1, -0.05) is 29.5 Å². The molecule has 0 spiro atoms. The van der Waals surface area contributed by atoms with Gasteiger partial charge in [0.15, 0.2) is 5.13 Å². The quantitative estimate of drug-likeness (QED) is 0.881. The smallest absolute Gasteiger partial charge is 0.237 e. The number of carbonyl (C=O) groups excluding carboxylic acids is 1. The highest BCUT2D eigenvalue weighted by Crippen LogP contribution is 2.30. The number of benzene rings is 1. The van der Waals surface area contributed by atoms with Crippen LogP contribution < -0.4 is 10.6 Å². The number of hydrogen-bond acceptors (Lipinski definition) is 5. The number of rotatable bonds is 4. The minimum atomic E-state index is 0.0579. The molecule has 1 heterocycles. The minimum absolute atomic E-state index is 0.0579. The van der Waals surface area contributed by atoms with E-state index in [1.54, 1.807) is 11.9 Å². The summed E-state index contributed by atoms with van der Waals surface area (Å²) >= 11 is 2.91. The second-order valence-electron chi connectivity index (χ2n) is 4.00. The first-order valence-electron chi connectivity index (χ1n) is 5.75. The van der Waals surface area contributed by atoms with Crippen molar-refractivity contribution in [1.29, 1.82) is 0 Å². The zero-order chi connectivity index (χ0) is 13.8. The minimum Gasteiger partial charge on any atom is -0.375 e. The average molecular weight is 293 g/mol. The van der Waals surface area contributed by atoms with Crippen molar-refractivity contribution in [2.45, 2.75) is 11.1 Å². The Kier molecular flexibility index (Phi) is 4.44. The van der Waals surface area contributed by atoms with E-state index >= 15 is 0 Å². The molecular weight excluding hydrogens is 278 g/mol. The molecular formula is C13H15N3OS2. The number of anilines is 2. The predicted octanol–water partition coefficient (Wildman–Crippen LogP) is 2.79. The molecule has 0 bridgehead atoms. The van der Waals surface area contributed by atoms with E-state index in [0.717, 1.165) is 15.6 Å². The molecule has 6 heteroatoms. The number of thioether (sulfide) groups is 1. The summed E-state index contributed by atoms with van der Waals surface area (Å²) in [5.74, 6) is 0.441. The molecule has 4 nitrogen and oxygen atoms in total. The standard InChI is InChI=1S/C13H15N3OS2/c1-9-12(19-13(14)15-9)18-8-11(17)16(2)10-6-4-3-5-7-10/h3-7H,8H2,1-2H3,(H2,14,15). The summed E-state index contributed by atoms with van der Waals surface area (Å²) in [6, 6.07) is 9.59. The van der Waals surface area contributed by atoms with E-state index in [2.05, 4.69) is 4.98 Å². The van der Waals surface area contributed by atoms with Gasteiger partial charge < -0.3 is 10.6 Å². The molecule has 0 atom stereocenters. The molecule has 0 aliphatic carbocycles. The van der Waals surface area contributed by atoms with E-state index in [1.807, 2.05) is 37.3 Å². The van der Waals surface area contributed by atoms with Crippen molar-refractivity contribution in [2.75, 3.05) is 23.4 Å². The topological polar surface area (TPSA) is 59.2 Å². The van der Waals surface area contributed by atoms with Crippen LogP contribution in [0.2, 0.25) is 0 Å². The Labute approximate surface area is 120 Å². The first-order valence-corrected chi connectivity index (χ1v) is 7.55. The maximum atomic E-state index is 12.1. The summed E-state index contributed by atoms with van der Waals surface area (Å²) < 4.78 is 1.01. The number of aromatic nitrogens is 1. The normalized spacial score (nSPS) is 10.4. The van der Waals surface area contributed by atoms with Crippen molar-refractivity contribution in [3.63, 3.8) is 0 Å². The van der Waals surface area contributed by atoms with Gasteiger partial charge in [-0.3, -0.25) is 4.79 Å². The number of nitrogens with zero attached hydrogens (tertiary/aromatic N) is 2. The summed E-state index contributed by atoms with van der Waals surface area (Å²) in [5.41, 5.74) is 7.42. The maximum Gasteiger partial charge on any atom is 0.237 e. The van der Waals surface area contributed by atoms with Gasteiger partial charge in [0.1, 0.15) is 0 Å². The lowest BCUT2D eigenvalue weighted by Gasteiger charge is -2.16. The van der Waals surface area contributed by atoms with E-state index in [4.69, 9.17) is 5.73 Å². The molecule has 100 valence electrons. The highest BCUT2D eigenvalue weighted by molar-refractivity contribution is 8.01. The van der Waals surface area contributed by atoms with E-state index in [9.17, 15) is 4.79 Å². The summed E-state index contributed by atoms with van der Waals surface area (Å²) in [6.07, 6.45) is 0. The van der Waals surface area contributed by atoms with Crippen molar-refractivity contribution in [2.24, 2.45) is 0 Å². The number of para-hydroxylation sites is 1. The van der Waals surface area contributed by atoms with Crippen LogP contribution in [0.5, 0.6) is 0 Å². The third kappa shape index (κ3) is 3.48. The number of nitrogen functional groups attached to an aromatic ring is 1. The average Bonchev–Trinajstić information content (AvgIpc) is 2.74. The Morgan fingerprint density at radius 1 is 1.42 bits per heavy atom. The lowest BCUT2D eigenvalue weighted by molar-refractivity contribution is -0.115. The molecule has 2 rings (SSSR count). The Hall–Kier alpha value is -1.53. The van der Waals surface area contributed by atoms with Gasteiger partial charge in [-0.25, -0.2) is 4.98 Å². The van der Waals surface area contributed by atoms with Crippen LogP contribution in [-0.2, 0) is 4.79 Å². The SMILES string of the molecule is Cc1nc(N)sc1SCC(=O)N(C)c1ccccc1. The number of nitrogens with two attached hydrogens (primary N) is 1. The van der Waals surface area contributed by atoms with Crippen molar-refractivity contribution in [3.8, 4) is 0 Å². The molecule has 1 amide bonds. The van der Waals surface area contributed by atoms with Gasteiger partial charge in [0.05, 0.1) is 15.7 Å². The van der Waals surface area contributed by atoms with Crippen molar-refractivity contribution < 1.29 is 4.79 Å². The van der Waals surface area contributed by atoms with Gasteiger partial charge in [-0.15, -0.1) is 11.8 Å². The van der Waals surface area contributed by atoms with E-state index < -0.39 is 0 Å². The van der Waals surface area contributed by atoms with Crippen LogP contribution in [0.4, 0.5) is 10.8 Å². The summed E-state index contributed by atoms with van der Waals surface area (Å²) in [4.78, 5) is 17.9. The van der Waals surface area contributed by atoms with Crippen molar-refractivity contribution in [1.82, 2.24) is 4.98 Å². The molecule has 0 radical (unpaired) electrons. The molecule has 1 aromatic carbocycles. The lowest BCUT2D eigenvalue weighted by atomic mass is 10.3. The van der Waals surface area contributed by atoms with Gasteiger partial charge in [0, 0.05) is 12.7 Å². The van der Waals surface area contributed by atoms with Crippen LogP contribution in [0, 0.1) is 6.92 Å². The van der Waals surface area contributed by atoms with Gasteiger partial charge in [-0.05, 0) is 19.1 Å². The summed E-state index contributed by atoms with van der Waals surface area (Å²) in [5, 5.41) is 0.545. The van der Waals surface area contributed by atoms with Gasteiger partial charge in [0.2, 0.25) is 5.91 Å². The van der Waals surface area contributed by atoms with Gasteiger partial charge in [-0.2, -0.15) is 0 Å². The molecule has 2 aromatic rings. The van der Waals surface area contributed by atoms with Crippen LogP contribution in [-0.4, -0.2) is 23.7 Å². The fourth-order valence-corrected chi connectivity index (χ4v) is 3.49.